The van der Waals surface area contributed by atoms with Gasteiger partial charge in [0.1, 0.15) is 16.5 Å². The van der Waals surface area contributed by atoms with Gasteiger partial charge in [-0.3, -0.25) is 0 Å². The molecule has 3 heteroatoms. The zero-order valence-corrected chi connectivity index (χ0v) is 12.0. The molecular formula is C16H17NOS. The van der Waals surface area contributed by atoms with Crippen molar-refractivity contribution in [3.63, 3.8) is 0 Å². The van der Waals surface area contributed by atoms with Crippen molar-refractivity contribution in [3.05, 3.63) is 59.2 Å². The van der Waals surface area contributed by atoms with Gasteiger partial charge in [0.15, 0.2) is 0 Å². The minimum absolute atomic E-state index is 0.351. The molecule has 0 bridgehead atoms. The maximum absolute atomic E-state index is 6.01. The fourth-order valence-corrected chi connectivity index (χ4v) is 2.10. The van der Waals surface area contributed by atoms with Crippen LogP contribution < -0.4 is 10.5 Å². The maximum atomic E-state index is 6.01. The fraction of sp³-hybridized carbons (Fsp3) is 0.188. The average Bonchev–Trinajstić information content (AvgIpc) is 2.39. The molecule has 0 aromatic heterocycles. The van der Waals surface area contributed by atoms with Gasteiger partial charge in [-0.1, -0.05) is 43.4 Å². The summed E-state index contributed by atoms with van der Waals surface area (Å²) in [5.74, 6) is 1.57. The van der Waals surface area contributed by atoms with E-state index in [2.05, 4.69) is 13.0 Å². The first-order valence-electron chi connectivity index (χ1n) is 6.28. The molecule has 19 heavy (non-hydrogen) atoms. The lowest BCUT2D eigenvalue weighted by Crippen LogP contribution is -2.11. The number of hydrogen-bond donors (Lipinski definition) is 1. The zero-order chi connectivity index (χ0) is 13.8. The van der Waals surface area contributed by atoms with Crippen LogP contribution in [0.3, 0.4) is 0 Å². The molecule has 98 valence electrons. The van der Waals surface area contributed by atoms with E-state index in [1.165, 1.54) is 0 Å². The Kier molecular flexibility index (Phi) is 4.17. The summed E-state index contributed by atoms with van der Waals surface area (Å²) in [7, 11) is 0. The highest BCUT2D eigenvalue weighted by molar-refractivity contribution is 7.80. The van der Waals surface area contributed by atoms with Crippen LogP contribution >= 0.6 is 12.2 Å². The van der Waals surface area contributed by atoms with E-state index >= 15 is 0 Å². The third-order valence-corrected chi connectivity index (χ3v) is 3.20. The van der Waals surface area contributed by atoms with E-state index in [-0.39, 0.29) is 0 Å². The molecule has 0 saturated carbocycles. The number of aryl methyl sites for hydroxylation is 2. The van der Waals surface area contributed by atoms with Gasteiger partial charge in [-0.25, -0.2) is 0 Å². The Bertz CT molecular complexity index is 607. The number of para-hydroxylation sites is 1. The molecule has 0 heterocycles. The Morgan fingerprint density at radius 1 is 1.16 bits per heavy atom. The van der Waals surface area contributed by atoms with Crippen LogP contribution in [0, 0.1) is 6.92 Å². The highest BCUT2D eigenvalue weighted by Crippen LogP contribution is 2.29. The van der Waals surface area contributed by atoms with E-state index in [9.17, 15) is 0 Å². The molecule has 2 aromatic rings. The first-order valence-corrected chi connectivity index (χ1v) is 6.69. The fourth-order valence-electron chi connectivity index (χ4n) is 1.93. The summed E-state index contributed by atoms with van der Waals surface area (Å²) < 4.78 is 6.01. The lowest BCUT2D eigenvalue weighted by molar-refractivity contribution is 0.475. The van der Waals surface area contributed by atoms with Crippen molar-refractivity contribution < 1.29 is 4.74 Å². The van der Waals surface area contributed by atoms with Crippen molar-refractivity contribution in [3.8, 4) is 11.5 Å². The van der Waals surface area contributed by atoms with Crippen LogP contribution in [0.2, 0.25) is 0 Å². The molecule has 0 fully saturated rings. The number of thiocarbonyl (C=S) groups is 1. The highest BCUT2D eigenvalue weighted by atomic mass is 32.1. The zero-order valence-electron chi connectivity index (χ0n) is 11.1. The second kappa shape index (κ2) is 5.85. The van der Waals surface area contributed by atoms with E-state index in [4.69, 9.17) is 22.7 Å². The van der Waals surface area contributed by atoms with E-state index in [0.29, 0.717) is 10.7 Å². The minimum Gasteiger partial charge on any atom is -0.456 e. The van der Waals surface area contributed by atoms with Gasteiger partial charge in [-0.15, -0.1) is 0 Å². The SMILES string of the molecule is CCc1ccccc1Oc1cc(C)ccc1C(N)=S. The smallest absolute Gasteiger partial charge is 0.137 e. The average molecular weight is 271 g/mol. The van der Waals surface area contributed by atoms with Crippen LogP contribution in [0.5, 0.6) is 11.5 Å². The number of hydrogen-bond acceptors (Lipinski definition) is 2. The Balaban J connectivity index is 2.42. The summed E-state index contributed by atoms with van der Waals surface area (Å²) >= 11 is 5.07. The molecule has 0 unspecified atom stereocenters. The topological polar surface area (TPSA) is 35.2 Å². The maximum Gasteiger partial charge on any atom is 0.137 e. The predicted octanol–water partition coefficient (Wildman–Crippen LogP) is 3.98. The molecule has 0 atom stereocenters. The van der Waals surface area contributed by atoms with Gasteiger partial charge < -0.3 is 10.5 Å². The minimum atomic E-state index is 0.351. The summed E-state index contributed by atoms with van der Waals surface area (Å²) in [5, 5.41) is 0. The lowest BCUT2D eigenvalue weighted by atomic mass is 10.1. The Morgan fingerprint density at radius 3 is 2.58 bits per heavy atom. The molecule has 2 N–H and O–H groups in total. The predicted molar refractivity (Wildman–Crippen MR) is 83.0 cm³/mol. The summed E-state index contributed by atoms with van der Waals surface area (Å²) in [4.78, 5) is 0.351. The van der Waals surface area contributed by atoms with Crippen molar-refractivity contribution >= 4 is 17.2 Å². The highest BCUT2D eigenvalue weighted by Gasteiger charge is 2.09. The Labute approximate surface area is 119 Å². The standard InChI is InChI=1S/C16H17NOS/c1-3-12-6-4-5-7-14(12)18-15-10-11(2)8-9-13(15)16(17)19/h4-10H,3H2,1-2H3,(H2,17,19). The number of ether oxygens (including phenoxy) is 1. The molecule has 0 saturated heterocycles. The molecule has 2 aromatic carbocycles. The Morgan fingerprint density at radius 2 is 1.89 bits per heavy atom. The summed E-state index contributed by atoms with van der Waals surface area (Å²) in [6.07, 6.45) is 0.921. The van der Waals surface area contributed by atoms with Crippen LogP contribution in [-0.4, -0.2) is 4.99 Å². The third-order valence-electron chi connectivity index (χ3n) is 2.98. The normalized spacial score (nSPS) is 10.2. The van der Waals surface area contributed by atoms with Crippen molar-refractivity contribution in [1.82, 2.24) is 0 Å². The van der Waals surface area contributed by atoms with Crippen LogP contribution in [0.4, 0.5) is 0 Å². The van der Waals surface area contributed by atoms with E-state index in [1.807, 2.05) is 43.3 Å². The molecule has 0 aliphatic heterocycles. The van der Waals surface area contributed by atoms with Crippen LogP contribution in [0.1, 0.15) is 23.6 Å². The first kappa shape index (κ1) is 13.6. The molecule has 0 aliphatic carbocycles. The molecule has 0 radical (unpaired) electrons. The molecular weight excluding hydrogens is 254 g/mol. The molecule has 0 spiro atoms. The third kappa shape index (κ3) is 3.12. The van der Waals surface area contributed by atoms with Crippen molar-refractivity contribution in [2.75, 3.05) is 0 Å². The van der Waals surface area contributed by atoms with Crippen molar-refractivity contribution in [2.45, 2.75) is 20.3 Å². The van der Waals surface area contributed by atoms with Crippen molar-refractivity contribution in [2.24, 2.45) is 5.73 Å². The van der Waals surface area contributed by atoms with E-state index in [0.717, 1.165) is 28.9 Å². The Hall–Kier alpha value is -1.87. The van der Waals surface area contributed by atoms with E-state index in [1.54, 1.807) is 0 Å². The van der Waals surface area contributed by atoms with Gasteiger partial charge in [-0.05, 0) is 42.7 Å². The largest absolute Gasteiger partial charge is 0.456 e. The van der Waals surface area contributed by atoms with Gasteiger partial charge in [0.25, 0.3) is 0 Å². The van der Waals surface area contributed by atoms with Gasteiger partial charge in [0, 0.05) is 0 Å². The molecule has 2 rings (SSSR count). The molecule has 0 amide bonds. The van der Waals surface area contributed by atoms with Crippen LogP contribution in [0.25, 0.3) is 0 Å². The van der Waals surface area contributed by atoms with Gasteiger partial charge in [-0.2, -0.15) is 0 Å². The first-order chi connectivity index (χ1) is 9.11. The number of nitrogens with two attached hydrogens (primary N) is 1. The van der Waals surface area contributed by atoms with Crippen LogP contribution in [-0.2, 0) is 6.42 Å². The van der Waals surface area contributed by atoms with E-state index < -0.39 is 0 Å². The van der Waals surface area contributed by atoms with Gasteiger partial charge in [0.2, 0.25) is 0 Å². The quantitative estimate of drug-likeness (QED) is 0.854. The molecule has 0 aliphatic rings. The number of benzene rings is 2. The number of rotatable bonds is 4. The molecule has 2 nitrogen and oxygen atoms in total. The van der Waals surface area contributed by atoms with Crippen LogP contribution in [0.15, 0.2) is 42.5 Å². The second-order valence-electron chi connectivity index (χ2n) is 4.43. The van der Waals surface area contributed by atoms with Gasteiger partial charge in [0.05, 0.1) is 5.56 Å². The summed E-state index contributed by atoms with van der Waals surface area (Å²) in [5.41, 5.74) is 8.79. The summed E-state index contributed by atoms with van der Waals surface area (Å²) in [6, 6.07) is 13.8. The van der Waals surface area contributed by atoms with Crippen molar-refractivity contribution in [1.29, 1.82) is 0 Å². The summed E-state index contributed by atoms with van der Waals surface area (Å²) in [6.45, 7) is 4.12. The lowest BCUT2D eigenvalue weighted by Gasteiger charge is -2.13. The monoisotopic (exact) mass is 271 g/mol. The second-order valence-corrected chi connectivity index (χ2v) is 4.87. The van der Waals surface area contributed by atoms with Gasteiger partial charge >= 0.3 is 0 Å².